The third kappa shape index (κ3) is 7.98. The highest BCUT2D eigenvalue weighted by molar-refractivity contribution is 6.05. The largest absolute Gasteiger partial charge is 0.494 e. The molecule has 0 unspecified atom stereocenters. The molecule has 0 heterocycles. The van der Waals surface area contributed by atoms with Crippen molar-refractivity contribution in [3.05, 3.63) is 70.9 Å². The van der Waals surface area contributed by atoms with Gasteiger partial charge in [-0.2, -0.15) is 0 Å². The molecule has 2 saturated carbocycles. The van der Waals surface area contributed by atoms with Gasteiger partial charge in [0.25, 0.3) is 11.8 Å². The van der Waals surface area contributed by atoms with Crippen LogP contribution in [0.5, 0.6) is 5.75 Å². The molecule has 2 amide bonds. The van der Waals surface area contributed by atoms with Crippen molar-refractivity contribution in [1.29, 1.82) is 0 Å². The van der Waals surface area contributed by atoms with Crippen LogP contribution in [0.1, 0.15) is 66.4 Å². The van der Waals surface area contributed by atoms with Crippen LogP contribution in [0.4, 0.5) is 0 Å². The maximum absolute atomic E-state index is 12.9. The summed E-state index contributed by atoms with van der Waals surface area (Å²) in [5, 5.41) is 5.41. The van der Waals surface area contributed by atoms with Crippen molar-refractivity contribution in [1.82, 2.24) is 10.6 Å². The lowest BCUT2D eigenvalue weighted by atomic mass is 10.1. The SMILES string of the molecule is CC(=O)OCCNC(=O)C(=Cc1ccc(C2CC2)cc1)NC(=O)c1ccc(OCCC2CC2)cc1. The van der Waals surface area contributed by atoms with Gasteiger partial charge in [0.1, 0.15) is 18.1 Å². The Balaban J connectivity index is 1.40. The molecule has 2 aliphatic rings. The van der Waals surface area contributed by atoms with E-state index in [0.29, 0.717) is 18.1 Å². The molecule has 0 aliphatic heterocycles. The van der Waals surface area contributed by atoms with Crippen LogP contribution in [0, 0.1) is 5.92 Å². The molecule has 35 heavy (non-hydrogen) atoms. The Morgan fingerprint density at radius 3 is 2.29 bits per heavy atom. The van der Waals surface area contributed by atoms with Crippen LogP contribution in [0.25, 0.3) is 6.08 Å². The molecule has 2 aliphatic carbocycles. The van der Waals surface area contributed by atoms with Crippen molar-refractivity contribution in [3.8, 4) is 5.75 Å². The number of esters is 1. The van der Waals surface area contributed by atoms with Gasteiger partial charge in [0.2, 0.25) is 0 Å². The van der Waals surface area contributed by atoms with E-state index in [1.807, 2.05) is 12.1 Å². The van der Waals surface area contributed by atoms with Crippen LogP contribution < -0.4 is 15.4 Å². The molecule has 2 fully saturated rings. The van der Waals surface area contributed by atoms with Gasteiger partial charge < -0.3 is 20.1 Å². The first-order valence-corrected chi connectivity index (χ1v) is 12.3. The second kappa shape index (κ2) is 11.7. The molecule has 0 bridgehead atoms. The van der Waals surface area contributed by atoms with Crippen molar-refractivity contribution in [3.63, 3.8) is 0 Å². The Hall–Kier alpha value is -3.61. The highest BCUT2D eigenvalue weighted by Gasteiger charge is 2.23. The van der Waals surface area contributed by atoms with Gasteiger partial charge in [-0.1, -0.05) is 37.1 Å². The van der Waals surface area contributed by atoms with E-state index in [0.717, 1.165) is 23.7 Å². The fourth-order valence-corrected chi connectivity index (χ4v) is 3.71. The maximum atomic E-state index is 12.9. The van der Waals surface area contributed by atoms with E-state index in [1.165, 1.54) is 38.2 Å². The van der Waals surface area contributed by atoms with E-state index in [1.54, 1.807) is 30.3 Å². The Kier molecular flexibility index (Phi) is 8.19. The van der Waals surface area contributed by atoms with Crippen LogP contribution in [0.3, 0.4) is 0 Å². The second-order valence-electron chi connectivity index (χ2n) is 9.15. The average Bonchev–Trinajstić information content (AvgIpc) is 3.76. The van der Waals surface area contributed by atoms with Crippen molar-refractivity contribution in [2.45, 2.75) is 44.9 Å². The van der Waals surface area contributed by atoms with Gasteiger partial charge in [-0.25, -0.2) is 0 Å². The van der Waals surface area contributed by atoms with Crippen LogP contribution in [0.2, 0.25) is 0 Å². The van der Waals surface area contributed by atoms with Crippen molar-refractivity contribution >= 4 is 23.9 Å². The number of nitrogens with one attached hydrogen (secondary N) is 2. The average molecular weight is 477 g/mol. The number of hydrogen-bond donors (Lipinski definition) is 2. The Bertz CT molecular complexity index is 1070. The lowest BCUT2D eigenvalue weighted by Gasteiger charge is -2.12. The quantitative estimate of drug-likeness (QED) is 0.272. The first kappa shape index (κ1) is 24.5. The predicted molar refractivity (Wildman–Crippen MR) is 133 cm³/mol. The first-order chi connectivity index (χ1) is 17.0. The van der Waals surface area contributed by atoms with E-state index < -0.39 is 17.8 Å². The summed E-state index contributed by atoms with van der Waals surface area (Å²) >= 11 is 0. The lowest BCUT2D eigenvalue weighted by molar-refractivity contribution is -0.141. The molecule has 0 spiro atoms. The molecule has 7 nitrogen and oxygen atoms in total. The number of hydrogen-bond acceptors (Lipinski definition) is 5. The smallest absolute Gasteiger partial charge is 0.302 e. The molecule has 2 aromatic rings. The fraction of sp³-hybridized carbons (Fsp3) is 0.393. The molecule has 0 saturated heterocycles. The topological polar surface area (TPSA) is 93.7 Å². The van der Waals surface area contributed by atoms with Gasteiger partial charge in [0.05, 0.1) is 13.2 Å². The molecular formula is C28H32N2O5. The Morgan fingerprint density at radius 1 is 0.943 bits per heavy atom. The minimum Gasteiger partial charge on any atom is -0.494 e. The van der Waals surface area contributed by atoms with Gasteiger partial charge in [-0.05, 0) is 72.6 Å². The summed E-state index contributed by atoms with van der Waals surface area (Å²) in [7, 11) is 0. The second-order valence-corrected chi connectivity index (χ2v) is 9.15. The Labute approximate surface area is 205 Å². The maximum Gasteiger partial charge on any atom is 0.302 e. The Morgan fingerprint density at radius 2 is 1.66 bits per heavy atom. The summed E-state index contributed by atoms with van der Waals surface area (Å²) < 4.78 is 10.6. The zero-order chi connectivity index (χ0) is 24.6. The van der Waals surface area contributed by atoms with Gasteiger partial charge >= 0.3 is 5.97 Å². The highest BCUT2D eigenvalue weighted by atomic mass is 16.5. The molecule has 0 radical (unpaired) electrons. The van der Waals surface area contributed by atoms with E-state index >= 15 is 0 Å². The predicted octanol–water partition coefficient (Wildman–Crippen LogP) is 4.19. The monoisotopic (exact) mass is 476 g/mol. The molecule has 4 rings (SSSR count). The molecule has 7 heteroatoms. The molecule has 2 aromatic carbocycles. The molecule has 0 atom stereocenters. The summed E-state index contributed by atoms with van der Waals surface area (Å²) in [6.45, 7) is 2.18. The summed E-state index contributed by atoms with van der Waals surface area (Å²) in [6.07, 6.45) is 7.72. The van der Waals surface area contributed by atoms with E-state index in [2.05, 4.69) is 22.8 Å². The molecule has 2 N–H and O–H groups in total. The van der Waals surface area contributed by atoms with E-state index in [4.69, 9.17) is 9.47 Å². The normalized spacial score (nSPS) is 15.3. The molecule has 184 valence electrons. The van der Waals surface area contributed by atoms with E-state index in [9.17, 15) is 14.4 Å². The summed E-state index contributed by atoms with van der Waals surface area (Å²) in [6, 6.07) is 14.9. The van der Waals surface area contributed by atoms with E-state index in [-0.39, 0.29) is 18.8 Å². The van der Waals surface area contributed by atoms with Crippen molar-refractivity contribution in [2.24, 2.45) is 5.92 Å². The fourth-order valence-electron chi connectivity index (χ4n) is 3.71. The third-order valence-electron chi connectivity index (χ3n) is 6.09. The van der Waals surface area contributed by atoms with Gasteiger partial charge in [0.15, 0.2) is 0 Å². The highest BCUT2D eigenvalue weighted by Crippen LogP contribution is 2.40. The summed E-state index contributed by atoms with van der Waals surface area (Å²) in [5.74, 6) is 0.881. The van der Waals surface area contributed by atoms with Gasteiger partial charge in [-0.3, -0.25) is 14.4 Å². The van der Waals surface area contributed by atoms with Crippen LogP contribution >= 0.6 is 0 Å². The van der Waals surface area contributed by atoms with Gasteiger partial charge in [-0.15, -0.1) is 0 Å². The summed E-state index contributed by atoms with van der Waals surface area (Å²) in [5.41, 5.74) is 2.63. The summed E-state index contributed by atoms with van der Waals surface area (Å²) in [4.78, 5) is 36.7. The number of amides is 2. The van der Waals surface area contributed by atoms with Crippen LogP contribution in [-0.4, -0.2) is 37.5 Å². The zero-order valence-electron chi connectivity index (χ0n) is 20.0. The third-order valence-corrected chi connectivity index (χ3v) is 6.09. The number of ether oxygens (including phenoxy) is 2. The lowest BCUT2D eigenvalue weighted by Crippen LogP contribution is -2.36. The molecule has 0 aromatic heterocycles. The number of benzene rings is 2. The van der Waals surface area contributed by atoms with Crippen LogP contribution in [0.15, 0.2) is 54.2 Å². The van der Waals surface area contributed by atoms with Crippen LogP contribution in [-0.2, 0) is 14.3 Å². The molecular weight excluding hydrogens is 444 g/mol. The van der Waals surface area contributed by atoms with Crippen molar-refractivity contribution < 1.29 is 23.9 Å². The van der Waals surface area contributed by atoms with Gasteiger partial charge in [0, 0.05) is 12.5 Å². The zero-order valence-corrected chi connectivity index (χ0v) is 20.0. The van der Waals surface area contributed by atoms with Crippen molar-refractivity contribution in [2.75, 3.05) is 19.8 Å². The number of carbonyl (C=O) groups excluding carboxylic acids is 3. The number of rotatable bonds is 12. The number of carbonyl (C=O) groups is 3. The standard InChI is InChI=1S/C28H32N2O5/c1-19(31)34-17-15-29-28(33)26(18-21-4-6-22(7-5-21)23-8-9-23)30-27(32)24-10-12-25(13-11-24)35-16-14-20-2-3-20/h4-7,10-13,18,20,23H,2-3,8-9,14-17H2,1H3,(H,29,33)(H,30,32). The minimum atomic E-state index is -0.461. The minimum absolute atomic E-state index is 0.0561. The first-order valence-electron chi connectivity index (χ1n) is 12.3.